The Hall–Kier alpha value is -2.82. The molecule has 208 valence electrons. The summed E-state index contributed by atoms with van der Waals surface area (Å²) in [7, 11) is 0. The van der Waals surface area contributed by atoms with Crippen LogP contribution in [-0.4, -0.2) is 42.3 Å². The summed E-state index contributed by atoms with van der Waals surface area (Å²) in [5, 5.41) is 0. The molecule has 3 aromatic carbocycles. The van der Waals surface area contributed by atoms with Gasteiger partial charge in [-0.3, -0.25) is 4.90 Å². The Morgan fingerprint density at radius 1 is 0.875 bits per heavy atom. The highest BCUT2D eigenvalue weighted by Gasteiger charge is 2.72. The number of likely N-dealkylation sites (tertiary alicyclic amines) is 1. The molecular weight excluding hydrogens is 494 g/mol. The van der Waals surface area contributed by atoms with Crippen molar-refractivity contribution in [2.45, 2.75) is 87.6 Å². The number of aryl methyl sites for hydroxylation is 1. The minimum atomic E-state index is -0.184. The molecule has 0 radical (unpaired) electrons. The van der Waals surface area contributed by atoms with Gasteiger partial charge in [-0.25, -0.2) is 0 Å². The molecule has 5 aliphatic rings. The minimum Gasteiger partial charge on any atom is -0.485 e. The molecule has 2 bridgehead atoms. The van der Waals surface area contributed by atoms with Crippen LogP contribution in [0, 0.1) is 5.92 Å². The van der Waals surface area contributed by atoms with Gasteiger partial charge in [0.25, 0.3) is 0 Å². The first-order valence-electron chi connectivity index (χ1n) is 15.7. The van der Waals surface area contributed by atoms with E-state index in [2.05, 4.69) is 77.7 Å². The van der Waals surface area contributed by atoms with Crippen LogP contribution in [0.1, 0.15) is 67.2 Å². The summed E-state index contributed by atoms with van der Waals surface area (Å²) >= 11 is 0. The van der Waals surface area contributed by atoms with E-state index < -0.39 is 0 Å². The van der Waals surface area contributed by atoms with Gasteiger partial charge in [0, 0.05) is 24.8 Å². The zero-order valence-corrected chi connectivity index (χ0v) is 23.5. The van der Waals surface area contributed by atoms with Gasteiger partial charge in [0.1, 0.15) is 12.7 Å². The number of hydrogen-bond acceptors (Lipinski definition) is 4. The molecule has 0 aromatic heterocycles. The van der Waals surface area contributed by atoms with Gasteiger partial charge >= 0.3 is 0 Å². The Bertz CT molecular complexity index is 1360. The predicted molar refractivity (Wildman–Crippen MR) is 157 cm³/mol. The molecule has 4 atom stereocenters. The average molecular weight is 536 g/mol. The minimum absolute atomic E-state index is 0.0717. The van der Waals surface area contributed by atoms with Crippen molar-refractivity contribution in [3.05, 3.63) is 95.1 Å². The third-order valence-electron chi connectivity index (χ3n) is 10.7. The molecule has 2 heterocycles. The van der Waals surface area contributed by atoms with Gasteiger partial charge in [-0.05, 0) is 93.0 Å². The normalized spacial score (nSPS) is 30.0. The van der Waals surface area contributed by atoms with E-state index in [0.29, 0.717) is 12.6 Å². The second kappa shape index (κ2) is 9.92. The summed E-state index contributed by atoms with van der Waals surface area (Å²) in [6.45, 7) is 3.77. The summed E-state index contributed by atoms with van der Waals surface area (Å²) in [4.78, 5) is 2.84. The van der Waals surface area contributed by atoms with Crippen molar-refractivity contribution in [2.75, 3.05) is 19.7 Å². The molecule has 3 fully saturated rings. The van der Waals surface area contributed by atoms with E-state index in [-0.39, 0.29) is 17.1 Å². The number of ether oxygens (including phenoxy) is 3. The number of piperidine rings is 1. The third-order valence-corrected chi connectivity index (χ3v) is 10.7. The van der Waals surface area contributed by atoms with Gasteiger partial charge in [-0.1, -0.05) is 66.7 Å². The van der Waals surface area contributed by atoms with Gasteiger partial charge in [-0.15, -0.1) is 0 Å². The maximum atomic E-state index is 7.35. The lowest BCUT2D eigenvalue weighted by molar-refractivity contribution is -0.216. The Morgan fingerprint density at radius 2 is 1.68 bits per heavy atom. The molecule has 4 heteroatoms. The van der Waals surface area contributed by atoms with Crippen molar-refractivity contribution in [3.8, 4) is 11.5 Å². The summed E-state index contributed by atoms with van der Waals surface area (Å²) in [6, 6.07) is 26.3. The maximum absolute atomic E-state index is 7.35. The van der Waals surface area contributed by atoms with Crippen molar-refractivity contribution in [2.24, 2.45) is 5.92 Å². The quantitative estimate of drug-likeness (QED) is 0.265. The molecule has 2 aliphatic heterocycles. The first kappa shape index (κ1) is 24.9. The SMILES string of the molecule is c1ccc(CCCO[C@@]23CCC[C@@H]4Oc5c(OCc6ccccc6)ccc6c5[C@@]42CCN(CC2CC2)[C@@H]3C6)cc1. The van der Waals surface area contributed by atoms with Gasteiger partial charge in [0.2, 0.25) is 0 Å². The molecule has 3 aromatic rings. The summed E-state index contributed by atoms with van der Waals surface area (Å²) in [6.07, 6.45) is 10.7. The standard InChI is InChI=1S/C36H41NO3/c1-3-9-26(10-4-1)13-8-22-39-36-19-7-14-32-35(36)20-21-37(24-27-15-16-27)31(36)23-29-17-18-30(34(40-32)33(29)35)38-25-28-11-5-2-6-12-28/h1-6,9-12,17-18,27,31-32H,7-8,13-16,19-25H2/t31-,32+,35-,36-/m1/s1. The molecular formula is C36H41NO3. The first-order chi connectivity index (χ1) is 19.8. The van der Waals surface area contributed by atoms with Crippen molar-refractivity contribution >= 4 is 0 Å². The lowest BCUT2D eigenvalue weighted by atomic mass is 9.49. The maximum Gasteiger partial charge on any atom is 0.165 e. The van der Waals surface area contributed by atoms with E-state index in [1.807, 2.05) is 0 Å². The molecule has 1 saturated heterocycles. The fourth-order valence-corrected chi connectivity index (χ4v) is 8.75. The van der Waals surface area contributed by atoms with Crippen molar-refractivity contribution in [1.82, 2.24) is 4.90 Å². The molecule has 8 rings (SSSR count). The van der Waals surface area contributed by atoms with Crippen LogP contribution in [0.4, 0.5) is 0 Å². The number of benzene rings is 3. The second-order valence-corrected chi connectivity index (χ2v) is 12.9. The lowest BCUT2D eigenvalue weighted by Gasteiger charge is -2.65. The summed E-state index contributed by atoms with van der Waals surface area (Å²) < 4.78 is 20.8. The Kier molecular flexibility index (Phi) is 6.18. The fourth-order valence-electron chi connectivity index (χ4n) is 8.75. The lowest BCUT2D eigenvalue weighted by Crippen LogP contribution is -2.76. The predicted octanol–water partition coefficient (Wildman–Crippen LogP) is 6.88. The average Bonchev–Trinajstić information content (AvgIpc) is 3.75. The van der Waals surface area contributed by atoms with E-state index in [4.69, 9.17) is 14.2 Å². The molecule has 1 spiro atoms. The van der Waals surface area contributed by atoms with Gasteiger partial charge in [0.15, 0.2) is 11.5 Å². The molecule has 0 N–H and O–H groups in total. The monoisotopic (exact) mass is 535 g/mol. The van der Waals surface area contributed by atoms with Crippen LogP contribution in [0.25, 0.3) is 0 Å². The van der Waals surface area contributed by atoms with Crippen LogP contribution in [0.2, 0.25) is 0 Å². The van der Waals surface area contributed by atoms with Crippen LogP contribution < -0.4 is 9.47 Å². The fraction of sp³-hybridized carbons (Fsp3) is 0.500. The van der Waals surface area contributed by atoms with Gasteiger partial charge in [0.05, 0.1) is 11.0 Å². The first-order valence-corrected chi connectivity index (χ1v) is 15.7. The Labute approximate surface area is 238 Å². The van der Waals surface area contributed by atoms with Crippen molar-refractivity contribution in [3.63, 3.8) is 0 Å². The number of rotatable bonds is 10. The molecule has 2 saturated carbocycles. The number of nitrogens with zero attached hydrogens (tertiary/aromatic N) is 1. The second-order valence-electron chi connectivity index (χ2n) is 12.9. The summed E-state index contributed by atoms with van der Waals surface area (Å²) in [5.74, 6) is 2.81. The Morgan fingerprint density at radius 3 is 2.48 bits per heavy atom. The van der Waals surface area contributed by atoms with Crippen LogP contribution >= 0.6 is 0 Å². The molecule has 0 unspecified atom stereocenters. The van der Waals surface area contributed by atoms with Crippen molar-refractivity contribution in [1.29, 1.82) is 0 Å². The largest absolute Gasteiger partial charge is 0.485 e. The molecule has 3 aliphatic carbocycles. The van der Waals surface area contributed by atoms with Crippen molar-refractivity contribution < 1.29 is 14.2 Å². The van der Waals surface area contributed by atoms with Crippen LogP contribution in [0.15, 0.2) is 72.8 Å². The molecule has 0 amide bonds. The summed E-state index contributed by atoms with van der Waals surface area (Å²) in [5.41, 5.74) is 5.24. The third kappa shape index (κ3) is 3.94. The van der Waals surface area contributed by atoms with Gasteiger partial charge in [-0.2, -0.15) is 0 Å². The molecule has 4 nitrogen and oxygen atoms in total. The molecule has 40 heavy (non-hydrogen) atoms. The highest BCUT2D eigenvalue weighted by Crippen LogP contribution is 2.67. The van der Waals surface area contributed by atoms with Crippen LogP contribution in [0.5, 0.6) is 11.5 Å². The highest BCUT2D eigenvalue weighted by molar-refractivity contribution is 5.62. The smallest absolute Gasteiger partial charge is 0.165 e. The van der Waals surface area contributed by atoms with E-state index in [9.17, 15) is 0 Å². The van der Waals surface area contributed by atoms with E-state index in [1.54, 1.807) is 0 Å². The Balaban J connectivity index is 1.14. The topological polar surface area (TPSA) is 30.9 Å². The highest BCUT2D eigenvalue weighted by atomic mass is 16.5. The van der Waals surface area contributed by atoms with Gasteiger partial charge < -0.3 is 14.2 Å². The van der Waals surface area contributed by atoms with E-state index in [0.717, 1.165) is 69.1 Å². The van der Waals surface area contributed by atoms with Crippen LogP contribution in [-0.2, 0) is 29.6 Å². The van der Waals surface area contributed by atoms with E-state index in [1.165, 1.54) is 48.1 Å². The zero-order valence-electron chi connectivity index (χ0n) is 23.5. The van der Waals surface area contributed by atoms with Crippen LogP contribution in [0.3, 0.4) is 0 Å². The number of hydrogen-bond donors (Lipinski definition) is 0. The van der Waals surface area contributed by atoms with E-state index >= 15 is 0 Å². The zero-order chi connectivity index (χ0) is 26.6.